The first-order valence-electron chi connectivity index (χ1n) is 7.95. The molecule has 1 aromatic carbocycles. The molecule has 2 aromatic rings. The zero-order chi connectivity index (χ0) is 15.9. The van der Waals surface area contributed by atoms with Gasteiger partial charge in [-0.25, -0.2) is 0 Å². The van der Waals surface area contributed by atoms with Crippen molar-refractivity contribution >= 4 is 29.4 Å². The van der Waals surface area contributed by atoms with Crippen LogP contribution in [0.5, 0.6) is 0 Å². The number of hydrogen-bond acceptors (Lipinski definition) is 3. The summed E-state index contributed by atoms with van der Waals surface area (Å²) in [4.78, 5) is 17.2. The summed E-state index contributed by atoms with van der Waals surface area (Å²) in [5.74, 6) is -0.127. The summed E-state index contributed by atoms with van der Waals surface area (Å²) in [6.45, 7) is 0. The van der Waals surface area contributed by atoms with Crippen molar-refractivity contribution in [1.29, 1.82) is 0 Å². The second-order valence-corrected chi connectivity index (χ2v) is 7.03. The van der Waals surface area contributed by atoms with Gasteiger partial charge in [0.05, 0.1) is 0 Å². The minimum Gasteiger partial charge on any atom is -0.323 e. The highest BCUT2D eigenvalue weighted by atomic mass is 32.2. The molecule has 0 spiro atoms. The molecule has 0 unspecified atom stereocenters. The maximum absolute atomic E-state index is 11.9. The molecule has 3 nitrogen and oxygen atoms in total. The summed E-state index contributed by atoms with van der Waals surface area (Å²) in [7, 11) is 0. The molecule has 1 aromatic heterocycles. The van der Waals surface area contributed by atoms with Crippen LogP contribution in [0.25, 0.3) is 6.08 Å². The molecule has 1 amide bonds. The summed E-state index contributed by atoms with van der Waals surface area (Å²) in [5.41, 5.74) is 1.78. The normalized spacial score (nSPS) is 15.1. The largest absolute Gasteiger partial charge is 0.323 e. The minimum absolute atomic E-state index is 0.127. The SMILES string of the molecule is O=C(/C=C/c1ccncc1)Nc1ccc(SC2CCCC2)cc1. The minimum atomic E-state index is -0.127. The van der Waals surface area contributed by atoms with E-state index < -0.39 is 0 Å². The van der Waals surface area contributed by atoms with Crippen LogP contribution in [0.4, 0.5) is 5.69 Å². The zero-order valence-electron chi connectivity index (χ0n) is 12.9. The number of nitrogens with zero attached hydrogens (tertiary/aromatic N) is 1. The van der Waals surface area contributed by atoms with Crippen LogP contribution in [0.2, 0.25) is 0 Å². The van der Waals surface area contributed by atoms with E-state index in [9.17, 15) is 4.79 Å². The van der Waals surface area contributed by atoms with Crippen molar-refractivity contribution in [3.05, 3.63) is 60.4 Å². The van der Waals surface area contributed by atoms with Crippen LogP contribution in [0, 0.1) is 0 Å². The fourth-order valence-corrected chi connectivity index (χ4v) is 3.89. The molecule has 118 valence electrons. The van der Waals surface area contributed by atoms with Gasteiger partial charge < -0.3 is 5.32 Å². The van der Waals surface area contributed by atoms with E-state index >= 15 is 0 Å². The van der Waals surface area contributed by atoms with Crippen molar-refractivity contribution in [2.75, 3.05) is 5.32 Å². The molecule has 1 aliphatic carbocycles. The molecule has 1 N–H and O–H groups in total. The number of rotatable bonds is 5. The molecule has 23 heavy (non-hydrogen) atoms. The molecule has 1 heterocycles. The van der Waals surface area contributed by atoms with Crippen molar-refractivity contribution in [3.63, 3.8) is 0 Å². The van der Waals surface area contributed by atoms with Crippen molar-refractivity contribution in [2.24, 2.45) is 0 Å². The van der Waals surface area contributed by atoms with Gasteiger partial charge in [0.1, 0.15) is 0 Å². The Labute approximate surface area is 141 Å². The van der Waals surface area contributed by atoms with E-state index in [1.807, 2.05) is 36.0 Å². The molecule has 0 bridgehead atoms. The number of carbonyl (C=O) groups excluding carboxylic acids is 1. The summed E-state index contributed by atoms with van der Waals surface area (Å²) >= 11 is 1.95. The van der Waals surface area contributed by atoms with E-state index in [1.54, 1.807) is 18.5 Å². The number of amides is 1. The topological polar surface area (TPSA) is 42.0 Å². The summed E-state index contributed by atoms with van der Waals surface area (Å²) < 4.78 is 0. The van der Waals surface area contributed by atoms with Gasteiger partial charge in [0.2, 0.25) is 5.91 Å². The maximum atomic E-state index is 11.9. The molecule has 4 heteroatoms. The number of nitrogens with one attached hydrogen (secondary N) is 1. The van der Waals surface area contributed by atoms with Gasteiger partial charge in [-0.15, -0.1) is 11.8 Å². The van der Waals surface area contributed by atoms with Gasteiger partial charge in [-0.2, -0.15) is 0 Å². The summed E-state index contributed by atoms with van der Waals surface area (Å²) in [6.07, 6.45) is 12.1. The summed E-state index contributed by atoms with van der Waals surface area (Å²) in [6, 6.07) is 11.8. The van der Waals surface area contributed by atoms with Crippen molar-refractivity contribution in [2.45, 2.75) is 35.8 Å². The highest BCUT2D eigenvalue weighted by Gasteiger charge is 2.15. The number of pyridine rings is 1. The first kappa shape index (κ1) is 15.8. The smallest absolute Gasteiger partial charge is 0.248 e. The molecule has 1 fully saturated rings. The van der Waals surface area contributed by atoms with Crippen LogP contribution in [-0.4, -0.2) is 16.1 Å². The van der Waals surface area contributed by atoms with Crippen LogP contribution in [0.1, 0.15) is 31.2 Å². The Balaban J connectivity index is 1.53. The molecule has 0 radical (unpaired) electrons. The summed E-state index contributed by atoms with van der Waals surface area (Å²) in [5, 5.41) is 3.65. The van der Waals surface area contributed by atoms with E-state index in [2.05, 4.69) is 22.4 Å². The molecule has 0 aliphatic heterocycles. The number of aromatic nitrogens is 1. The van der Waals surface area contributed by atoms with E-state index in [4.69, 9.17) is 0 Å². The molecule has 3 rings (SSSR count). The Hall–Kier alpha value is -2.07. The molecular weight excluding hydrogens is 304 g/mol. The number of anilines is 1. The number of thioether (sulfide) groups is 1. The van der Waals surface area contributed by atoms with Gasteiger partial charge in [-0.05, 0) is 60.9 Å². The third-order valence-corrected chi connectivity index (χ3v) is 5.21. The fourth-order valence-electron chi connectivity index (χ4n) is 2.65. The lowest BCUT2D eigenvalue weighted by Crippen LogP contribution is -2.07. The molecule has 1 aliphatic rings. The molecular formula is C19H20N2OS. The van der Waals surface area contributed by atoms with Crippen LogP contribution < -0.4 is 5.32 Å². The quantitative estimate of drug-likeness (QED) is 0.806. The number of benzene rings is 1. The Bertz CT molecular complexity index is 662. The monoisotopic (exact) mass is 324 g/mol. The average molecular weight is 324 g/mol. The van der Waals surface area contributed by atoms with Crippen LogP contribution in [0.15, 0.2) is 59.8 Å². The van der Waals surface area contributed by atoms with E-state index in [1.165, 1.54) is 36.7 Å². The highest BCUT2D eigenvalue weighted by molar-refractivity contribution is 8.00. The lowest BCUT2D eigenvalue weighted by Gasteiger charge is -2.09. The van der Waals surface area contributed by atoms with Gasteiger partial charge in [0, 0.05) is 34.3 Å². The lowest BCUT2D eigenvalue weighted by atomic mass is 10.2. The number of carbonyl (C=O) groups is 1. The van der Waals surface area contributed by atoms with Gasteiger partial charge in [0.15, 0.2) is 0 Å². The second-order valence-electron chi connectivity index (χ2n) is 5.65. The Morgan fingerprint density at radius 2 is 1.78 bits per heavy atom. The van der Waals surface area contributed by atoms with Crippen molar-refractivity contribution in [1.82, 2.24) is 4.98 Å². The zero-order valence-corrected chi connectivity index (χ0v) is 13.8. The van der Waals surface area contributed by atoms with Gasteiger partial charge >= 0.3 is 0 Å². The van der Waals surface area contributed by atoms with Gasteiger partial charge in [-0.3, -0.25) is 9.78 Å². The van der Waals surface area contributed by atoms with Crippen LogP contribution in [-0.2, 0) is 4.79 Å². The molecule has 0 atom stereocenters. The lowest BCUT2D eigenvalue weighted by molar-refractivity contribution is -0.111. The molecule has 1 saturated carbocycles. The first-order chi connectivity index (χ1) is 11.3. The highest BCUT2D eigenvalue weighted by Crippen LogP contribution is 2.34. The van der Waals surface area contributed by atoms with Crippen LogP contribution >= 0.6 is 11.8 Å². The van der Waals surface area contributed by atoms with Crippen LogP contribution in [0.3, 0.4) is 0 Å². The van der Waals surface area contributed by atoms with E-state index in [-0.39, 0.29) is 5.91 Å². The predicted octanol–water partition coefficient (Wildman–Crippen LogP) is 4.77. The number of hydrogen-bond donors (Lipinski definition) is 1. The standard InChI is InChI=1S/C19H20N2OS/c22-19(10-5-15-11-13-20-14-12-15)21-16-6-8-18(9-7-16)23-17-3-1-2-4-17/h5-14,17H,1-4H2,(H,21,22)/b10-5+. The third-order valence-electron chi connectivity index (χ3n) is 3.86. The Morgan fingerprint density at radius 3 is 2.48 bits per heavy atom. The third kappa shape index (κ3) is 4.96. The average Bonchev–Trinajstić information content (AvgIpc) is 3.09. The van der Waals surface area contributed by atoms with Gasteiger partial charge in [-0.1, -0.05) is 12.8 Å². The van der Waals surface area contributed by atoms with Gasteiger partial charge in [0.25, 0.3) is 0 Å². The Kier molecular flexibility index (Phi) is 5.48. The first-order valence-corrected chi connectivity index (χ1v) is 8.83. The van der Waals surface area contributed by atoms with Crippen molar-refractivity contribution in [3.8, 4) is 0 Å². The predicted molar refractivity (Wildman–Crippen MR) is 96.5 cm³/mol. The van der Waals surface area contributed by atoms with E-state index in [0.29, 0.717) is 0 Å². The second kappa shape index (κ2) is 7.97. The maximum Gasteiger partial charge on any atom is 0.248 e. The van der Waals surface area contributed by atoms with Crippen molar-refractivity contribution < 1.29 is 4.79 Å². The fraction of sp³-hybridized carbons (Fsp3) is 0.263. The molecule has 0 saturated heterocycles. The Morgan fingerprint density at radius 1 is 1.09 bits per heavy atom. The van der Waals surface area contributed by atoms with E-state index in [0.717, 1.165) is 16.5 Å².